The van der Waals surface area contributed by atoms with Crippen molar-refractivity contribution in [2.45, 2.75) is 38.0 Å². The Morgan fingerprint density at radius 1 is 0.778 bits per heavy atom. The van der Waals surface area contributed by atoms with Gasteiger partial charge in [0.25, 0.3) is 0 Å². The van der Waals surface area contributed by atoms with Gasteiger partial charge in [-0.2, -0.15) is 26.3 Å². The van der Waals surface area contributed by atoms with Crippen molar-refractivity contribution in [3.63, 3.8) is 0 Å². The number of anilines is 2. The van der Waals surface area contributed by atoms with Crippen LogP contribution in [0.3, 0.4) is 0 Å². The highest BCUT2D eigenvalue weighted by Crippen LogP contribution is 2.65. The number of nitrogens with zero attached hydrogens (tertiary/aromatic N) is 2. The molecule has 2 aliphatic carbocycles. The first-order valence-corrected chi connectivity index (χ1v) is 17.1. The van der Waals surface area contributed by atoms with Crippen LogP contribution in [0.4, 0.5) is 42.1 Å². The number of carbonyl (C=O) groups excluding carboxylic acids is 4. The molecule has 4 aromatic carbocycles. The first-order chi connectivity index (χ1) is 25.3. The van der Waals surface area contributed by atoms with Crippen LogP contribution in [0.25, 0.3) is 10.8 Å². The average Bonchev–Trinajstić information content (AvgIpc) is 3.48. The van der Waals surface area contributed by atoms with Crippen molar-refractivity contribution < 1.29 is 55.0 Å². The van der Waals surface area contributed by atoms with Crippen LogP contribution < -0.4 is 9.80 Å². The number of fused-ring (bicyclic) bond motifs is 5. The van der Waals surface area contributed by atoms with Crippen molar-refractivity contribution in [2.75, 3.05) is 9.80 Å². The molecule has 8 rings (SSSR count). The molecule has 4 aromatic rings. The van der Waals surface area contributed by atoms with E-state index in [0.29, 0.717) is 33.4 Å². The van der Waals surface area contributed by atoms with Gasteiger partial charge in [0.15, 0.2) is 0 Å². The van der Waals surface area contributed by atoms with E-state index in [1.807, 2.05) is 0 Å². The van der Waals surface area contributed by atoms with E-state index >= 15 is 0 Å². The second-order valence-electron chi connectivity index (χ2n) is 14.3. The Morgan fingerprint density at radius 2 is 1.44 bits per heavy atom. The van der Waals surface area contributed by atoms with E-state index < -0.39 is 93.6 Å². The smallest absolute Gasteiger partial charge is 0.416 e. The molecule has 54 heavy (non-hydrogen) atoms. The molecule has 0 spiro atoms. The summed E-state index contributed by atoms with van der Waals surface area (Å²) in [6.45, 7) is 1.54. The van der Waals surface area contributed by atoms with Gasteiger partial charge in [0.1, 0.15) is 11.6 Å². The molecule has 3 fully saturated rings. The number of benzene rings is 4. The Bertz CT molecular complexity index is 2340. The van der Waals surface area contributed by atoms with Gasteiger partial charge >= 0.3 is 12.4 Å². The second-order valence-corrected chi connectivity index (χ2v) is 14.7. The van der Waals surface area contributed by atoms with Crippen molar-refractivity contribution in [3.8, 4) is 5.75 Å². The largest absolute Gasteiger partial charge is 0.507 e. The highest BCUT2D eigenvalue weighted by atomic mass is 35.5. The van der Waals surface area contributed by atoms with E-state index in [9.17, 15) is 55.0 Å². The quantitative estimate of drug-likeness (QED) is 0.128. The van der Waals surface area contributed by atoms with Crippen LogP contribution in [0, 0.1) is 34.9 Å². The fourth-order valence-electron chi connectivity index (χ4n) is 9.06. The SMILES string of the molecule is C[C@@]12C(=O)N(c3ccc(F)c(Cl)c3)C(=O)[C@@H]1C[C@@H]1C(=CC[C@@H]3C(=O)N(c4cc(C(F)(F)F)cc(C(F)(F)F)c4)C(=O)[C@@H]31)[C@@H]2c1ccc2ccccc2c1O. The Morgan fingerprint density at radius 3 is 2.09 bits per heavy atom. The molecule has 1 N–H and O–H groups in total. The van der Waals surface area contributed by atoms with E-state index in [1.54, 1.807) is 49.4 Å². The number of rotatable bonds is 3. The molecule has 4 amide bonds. The number of phenols is 1. The summed E-state index contributed by atoms with van der Waals surface area (Å²) in [5, 5.41) is 12.5. The summed E-state index contributed by atoms with van der Waals surface area (Å²) in [5.41, 5.74) is -5.37. The van der Waals surface area contributed by atoms with Crippen molar-refractivity contribution in [3.05, 3.63) is 112 Å². The van der Waals surface area contributed by atoms with Gasteiger partial charge in [-0.1, -0.05) is 59.6 Å². The second kappa shape index (κ2) is 11.9. The molecular formula is C39H26ClF7N2O5. The van der Waals surface area contributed by atoms with Crippen LogP contribution in [-0.4, -0.2) is 28.7 Å². The van der Waals surface area contributed by atoms with Gasteiger partial charge in [-0.25, -0.2) is 14.2 Å². The lowest BCUT2D eigenvalue weighted by molar-refractivity contribution is -0.143. The topological polar surface area (TPSA) is 95.0 Å². The molecular weight excluding hydrogens is 745 g/mol. The van der Waals surface area contributed by atoms with Crippen LogP contribution in [0.15, 0.2) is 84.4 Å². The maximum Gasteiger partial charge on any atom is 0.416 e. The number of amides is 4. The molecule has 0 bridgehead atoms. The van der Waals surface area contributed by atoms with Crippen LogP contribution in [0.2, 0.25) is 5.02 Å². The molecule has 6 atom stereocenters. The summed E-state index contributed by atoms with van der Waals surface area (Å²) < 4.78 is 97.1. The zero-order valence-corrected chi connectivity index (χ0v) is 28.6. The van der Waals surface area contributed by atoms with Gasteiger partial charge in [-0.15, -0.1) is 0 Å². The minimum Gasteiger partial charge on any atom is -0.507 e. The van der Waals surface area contributed by atoms with Gasteiger partial charge < -0.3 is 5.11 Å². The van der Waals surface area contributed by atoms with Crippen LogP contribution >= 0.6 is 11.6 Å². The molecule has 7 nitrogen and oxygen atoms in total. The lowest BCUT2D eigenvalue weighted by atomic mass is 9.51. The Hall–Kier alpha value is -5.24. The maximum absolute atomic E-state index is 14.7. The number of hydrogen-bond donors (Lipinski definition) is 1. The predicted octanol–water partition coefficient (Wildman–Crippen LogP) is 8.81. The predicted molar refractivity (Wildman–Crippen MR) is 181 cm³/mol. The number of carbonyl (C=O) groups is 4. The number of halogens is 8. The molecule has 0 aromatic heterocycles. The normalized spacial score (nSPS) is 27.0. The van der Waals surface area contributed by atoms with Crippen molar-refractivity contribution in [1.29, 1.82) is 0 Å². The van der Waals surface area contributed by atoms with Gasteiger partial charge in [0.05, 0.1) is 50.7 Å². The summed E-state index contributed by atoms with van der Waals surface area (Å²) in [7, 11) is 0. The Balaban J connectivity index is 1.28. The number of aromatic hydroxyl groups is 1. The lowest BCUT2D eigenvalue weighted by Crippen LogP contribution is -2.48. The van der Waals surface area contributed by atoms with Crippen LogP contribution in [0.5, 0.6) is 5.75 Å². The minimum absolute atomic E-state index is 0.0355. The number of hydrogen-bond acceptors (Lipinski definition) is 5. The molecule has 0 unspecified atom stereocenters. The van der Waals surface area contributed by atoms with E-state index in [0.717, 1.165) is 17.0 Å². The van der Waals surface area contributed by atoms with E-state index in [1.165, 1.54) is 6.07 Å². The number of allylic oxidation sites excluding steroid dienone is 2. The molecule has 15 heteroatoms. The highest BCUT2D eigenvalue weighted by molar-refractivity contribution is 6.32. The third-order valence-corrected chi connectivity index (χ3v) is 11.8. The standard InChI is InChI=1S/C39H26ClF7N2O5/c1-37-27(34(52)49(36(37)54)20-7-11-29(41)28(40)15-20)16-26-23(31(37)25-8-6-17-4-2-3-5-22(17)32(25)50)9-10-24-30(26)35(53)48(33(24)51)21-13-18(38(42,43)44)12-19(14-21)39(45,46)47/h2-9,11-15,24,26-27,30-31,50H,10,16H2,1H3/t24-,26+,27-,30-,31+,37+/m0/s1. The summed E-state index contributed by atoms with van der Waals surface area (Å²) in [5.74, 6) is -10.4. The van der Waals surface area contributed by atoms with E-state index in [2.05, 4.69) is 0 Å². The number of phenolic OH excluding ortho intramolecular Hbond substituents is 1. The van der Waals surface area contributed by atoms with Crippen LogP contribution in [0.1, 0.15) is 42.4 Å². The zero-order valence-electron chi connectivity index (χ0n) is 27.8. The van der Waals surface area contributed by atoms with E-state index in [-0.39, 0.29) is 40.9 Å². The number of imide groups is 2. The van der Waals surface area contributed by atoms with Crippen molar-refractivity contribution in [1.82, 2.24) is 0 Å². The highest BCUT2D eigenvalue weighted by Gasteiger charge is 2.68. The lowest BCUT2D eigenvalue weighted by Gasteiger charge is -2.49. The first-order valence-electron chi connectivity index (χ1n) is 16.7. The average molecular weight is 771 g/mol. The Labute approximate surface area is 306 Å². The summed E-state index contributed by atoms with van der Waals surface area (Å²) in [6.07, 6.45) is -9.27. The maximum atomic E-state index is 14.7. The fraction of sp³-hybridized carbons (Fsp3) is 0.282. The fourth-order valence-corrected chi connectivity index (χ4v) is 9.23. The molecule has 4 aliphatic rings. The van der Waals surface area contributed by atoms with Crippen LogP contribution in [-0.2, 0) is 31.5 Å². The van der Waals surface area contributed by atoms with E-state index in [4.69, 9.17) is 11.6 Å². The van der Waals surface area contributed by atoms with Crippen molar-refractivity contribution >= 4 is 57.4 Å². The van der Waals surface area contributed by atoms with Gasteiger partial charge in [0, 0.05) is 16.9 Å². The summed E-state index contributed by atoms with van der Waals surface area (Å²) in [6, 6.07) is 13.9. The molecule has 1 saturated carbocycles. The minimum atomic E-state index is -5.25. The molecule has 2 heterocycles. The molecule has 2 aliphatic heterocycles. The third kappa shape index (κ3) is 5.09. The van der Waals surface area contributed by atoms with Crippen molar-refractivity contribution in [2.24, 2.45) is 29.1 Å². The molecule has 278 valence electrons. The third-order valence-electron chi connectivity index (χ3n) is 11.5. The molecule has 2 saturated heterocycles. The van der Waals surface area contributed by atoms with Gasteiger partial charge in [0.2, 0.25) is 23.6 Å². The monoisotopic (exact) mass is 770 g/mol. The summed E-state index contributed by atoms with van der Waals surface area (Å²) in [4.78, 5) is 58.5. The summed E-state index contributed by atoms with van der Waals surface area (Å²) >= 11 is 6.03. The zero-order chi connectivity index (χ0) is 38.8. The molecule has 0 radical (unpaired) electrons. The first kappa shape index (κ1) is 35.8. The van der Waals surface area contributed by atoms with Gasteiger partial charge in [-0.05, 0) is 67.5 Å². The Kier molecular flexibility index (Phi) is 7.87. The van der Waals surface area contributed by atoms with Gasteiger partial charge in [-0.3, -0.25) is 19.2 Å². The number of alkyl halides is 6.